The lowest BCUT2D eigenvalue weighted by atomic mass is 9.99. The first-order valence-corrected chi connectivity index (χ1v) is 7.79. The standard InChI is InChI=1S/C17H18BrF2N/c18-15-9-10-16(19)14(17(15)20)11-13(21)8-4-7-12-5-2-1-3-6-12/h1-3,5-6,9-10,13H,4,7-8,11,21H2. The molecule has 21 heavy (non-hydrogen) atoms. The summed E-state index contributed by atoms with van der Waals surface area (Å²) in [4.78, 5) is 0. The summed E-state index contributed by atoms with van der Waals surface area (Å²) in [6.07, 6.45) is 2.78. The third-order valence-electron chi connectivity index (χ3n) is 3.49. The Hall–Kier alpha value is -1.26. The van der Waals surface area contributed by atoms with Crippen LogP contribution < -0.4 is 5.73 Å². The Labute approximate surface area is 132 Å². The number of rotatable bonds is 6. The molecule has 112 valence electrons. The zero-order valence-electron chi connectivity index (χ0n) is 11.7. The Kier molecular flexibility index (Phi) is 5.88. The molecule has 2 rings (SSSR count). The van der Waals surface area contributed by atoms with Crippen LogP contribution in [0.5, 0.6) is 0 Å². The van der Waals surface area contributed by atoms with Crippen LogP contribution >= 0.6 is 15.9 Å². The van der Waals surface area contributed by atoms with Crippen molar-refractivity contribution in [2.75, 3.05) is 0 Å². The summed E-state index contributed by atoms with van der Waals surface area (Å²) in [6, 6.07) is 12.5. The molecule has 0 aliphatic rings. The second kappa shape index (κ2) is 7.66. The van der Waals surface area contributed by atoms with Gasteiger partial charge in [0.05, 0.1) is 4.47 Å². The molecule has 2 N–H and O–H groups in total. The largest absolute Gasteiger partial charge is 0.327 e. The number of hydrogen-bond donors (Lipinski definition) is 1. The van der Waals surface area contributed by atoms with Gasteiger partial charge in [0.2, 0.25) is 0 Å². The highest BCUT2D eigenvalue weighted by molar-refractivity contribution is 9.10. The summed E-state index contributed by atoms with van der Waals surface area (Å²) < 4.78 is 27.8. The van der Waals surface area contributed by atoms with Crippen LogP contribution in [0.4, 0.5) is 8.78 Å². The van der Waals surface area contributed by atoms with Crippen LogP contribution in [0.1, 0.15) is 24.0 Å². The van der Waals surface area contributed by atoms with Crippen molar-refractivity contribution >= 4 is 15.9 Å². The van der Waals surface area contributed by atoms with E-state index in [4.69, 9.17) is 5.73 Å². The highest BCUT2D eigenvalue weighted by Gasteiger charge is 2.15. The highest BCUT2D eigenvalue weighted by Crippen LogP contribution is 2.23. The monoisotopic (exact) mass is 353 g/mol. The van der Waals surface area contributed by atoms with Gasteiger partial charge >= 0.3 is 0 Å². The molecular formula is C17H18BrF2N. The Morgan fingerprint density at radius 2 is 1.76 bits per heavy atom. The summed E-state index contributed by atoms with van der Waals surface area (Å²) in [6.45, 7) is 0. The van der Waals surface area contributed by atoms with Gasteiger partial charge in [0.1, 0.15) is 11.6 Å². The van der Waals surface area contributed by atoms with Crippen molar-refractivity contribution in [2.24, 2.45) is 5.73 Å². The fourth-order valence-electron chi connectivity index (χ4n) is 2.33. The predicted molar refractivity (Wildman–Crippen MR) is 85.1 cm³/mol. The molecule has 0 saturated heterocycles. The van der Waals surface area contributed by atoms with E-state index in [0.717, 1.165) is 19.3 Å². The van der Waals surface area contributed by atoms with E-state index < -0.39 is 11.6 Å². The van der Waals surface area contributed by atoms with E-state index in [1.54, 1.807) is 0 Å². The molecule has 0 fully saturated rings. The first-order valence-electron chi connectivity index (χ1n) is 7.00. The molecule has 2 aromatic rings. The summed E-state index contributed by atoms with van der Waals surface area (Å²) in [5.74, 6) is -1.08. The average Bonchev–Trinajstić information content (AvgIpc) is 2.49. The third kappa shape index (κ3) is 4.61. The zero-order chi connectivity index (χ0) is 15.2. The van der Waals surface area contributed by atoms with E-state index in [1.807, 2.05) is 18.2 Å². The normalized spacial score (nSPS) is 12.4. The van der Waals surface area contributed by atoms with Gasteiger partial charge in [-0.2, -0.15) is 0 Å². The lowest BCUT2D eigenvalue weighted by molar-refractivity contribution is 0.513. The Morgan fingerprint density at radius 1 is 1.05 bits per heavy atom. The maximum absolute atomic E-state index is 13.9. The first kappa shape index (κ1) is 16.1. The van der Waals surface area contributed by atoms with Crippen LogP contribution in [0.3, 0.4) is 0 Å². The minimum atomic E-state index is -0.548. The van der Waals surface area contributed by atoms with E-state index in [0.29, 0.717) is 0 Å². The third-order valence-corrected chi connectivity index (χ3v) is 4.10. The summed E-state index contributed by atoms with van der Waals surface area (Å²) >= 11 is 3.07. The van der Waals surface area contributed by atoms with E-state index in [1.165, 1.54) is 17.7 Å². The quantitative estimate of drug-likeness (QED) is 0.753. The topological polar surface area (TPSA) is 26.0 Å². The molecule has 0 spiro atoms. The van der Waals surface area contributed by atoms with Gasteiger partial charge in [0.15, 0.2) is 0 Å². The number of aryl methyl sites for hydroxylation is 1. The second-order valence-electron chi connectivity index (χ2n) is 5.16. The van der Waals surface area contributed by atoms with Gasteiger partial charge < -0.3 is 5.73 Å². The van der Waals surface area contributed by atoms with Gasteiger partial charge in [0.25, 0.3) is 0 Å². The SMILES string of the molecule is NC(CCCc1ccccc1)Cc1c(F)ccc(Br)c1F. The number of benzene rings is 2. The summed E-state index contributed by atoms with van der Waals surface area (Å²) in [7, 11) is 0. The molecule has 0 aliphatic heterocycles. The molecule has 0 aromatic heterocycles. The second-order valence-corrected chi connectivity index (χ2v) is 6.02. The molecule has 2 aromatic carbocycles. The number of halogens is 3. The van der Waals surface area contributed by atoms with E-state index >= 15 is 0 Å². The smallest absolute Gasteiger partial charge is 0.143 e. The van der Waals surface area contributed by atoms with E-state index in [-0.39, 0.29) is 22.5 Å². The van der Waals surface area contributed by atoms with Crippen molar-refractivity contribution < 1.29 is 8.78 Å². The van der Waals surface area contributed by atoms with Crippen LogP contribution in [-0.4, -0.2) is 6.04 Å². The van der Waals surface area contributed by atoms with Gasteiger partial charge in [0, 0.05) is 11.6 Å². The fraction of sp³-hybridized carbons (Fsp3) is 0.294. The minimum absolute atomic E-state index is 0.0663. The maximum Gasteiger partial charge on any atom is 0.143 e. The van der Waals surface area contributed by atoms with Crippen LogP contribution in [0.25, 0.3) is 0 Å². The molecule has 0 radical (unpaired) electrons. The molecule has 0 aliphatic carbocycles. The lowest BCUT2D eigenvalue weighted by Crippen LogP contribution is -2.24. The maximum atomic E-state index is 13.9. The van der Waals surface area contributed by atoms with Gasteiger partial charge in [-0.15, -0.1) is 0 Å². The number of nitrogens with two attached hydrogens (primary N) is 1. The van der Waals surface area contributed by atoms with Crippen molar-refractivity contribution in [3.8, 4) is 0 Å². The fourth-order valence-corrected chi connectivity index (χ4v) is 2.70. The zero-order valence-corrected chi connectivity index (χ0v) is 13.2. The molecule has 0 amide bonds. The van der Waals surface area contributed by atoms with Crippen LogP contribution in [0.15, 0.2) is 46.9 Å². The molecule has 0 saturated carbocycles. The van der Waals surface area contributed by atoms with Crippen molar-refractivity contribution in [3.05, 3.63) is 69.7 Å². The first-order chi connectivity index (χ1) is 10.1. The molecule has 1 nitrogen and oxygen atoms in total. The average molecular weight is 354 g/mol. The summed E-state index contributed by atoms with van der Waals surface area (Å²) in [5.41, 5.74) is 7.33. The van der Waals surface area contributed by atoms with Gasteiger partial charge in [-0.05, 0) is 59.3 Å². The lowest BCUT2D eigenvalue weighted by Gasteiger charge is -2.13. The molecule has 1 unspecified atom stereocenters. The molecule has 0 heterocycles. The van der Waals surface area contributed by atoms with Crippen molar-refractivity contribution in [1.82, 2.24) is 0 Å². The Bertz CT molecular complexity index is 587. The van der Waals surface area contributed by atoms with E-state index in [2.05, 4.69) is 28.1 Å². The van der Waals surface area contributed by atoms with Crippen LogP contribution in [0.2, 0.25) is 0 Å². The van der Waals surface area contributed by atoms with Crippen molar-refractivity contribution in [2.45, 2.75) is 31.7 Å². The molecule has 1 atom stereocenters. The molecule has 0 bridgehead atoms. The van der Waals surface area contributed by atoms with Crippen LogP contribution in [0, 0.1) is 11.6 Å². The van der Waals surface area contributed by atoms with Gasteiger partial charge in [-0.3, -0.25) is 0 Å². The van der Waals surface area contributed by atoms with Crippen molar-refractivity contribution in [3.63, 3.8) is 0 Å². The molecular weight excluding hydrogens is 336 g/mol. The highest BCUT2D eigenvalue weighted by atomic mass is 79.9. The predicted octanol–water partition coefficient (Wildman–Crippen LogP) is 4.62. The number of hydrogen-bond acceptors (Lipinski definition) is 1. The van der Waals surface area contributed by atoms with Crippen molar-refractivity contribution in [1.29, 1.82) is 0 Å². The van der Waals surface area contributed by atoms with E-state index in [9.17, 15) is 8.78 Å². The summed E-state index contributed by atoms with van der Waals surface area (Å²) in [5, 5.41) is 0. The van der Waals surface area contributed by atoms with Gasteiger partial charge in [-0.1, -0.05) is 30.3 Å². The van der Waals surface area contributed by atoms with Crippen LogP contribution in [-0.2, 0) is 12.8 Å². The molecule has 4 heteroatoms. The Morgan fingerprint density at radius 3 is 2.48 bits per heavy atom. The minimum Gasteiger partial charge on any atom is -0.327 e. The Balaban J connectivity index is 1.88. The van der Waals surface area contributed by atoms with Gasteiger partial charge in [-0.25, -0.2) is 8.78 Å².